The zero-order valence-electron chi connectivity index (χ0n) is 15.4. The summed E-state index contributed by atoms with van der Waals surface area (Å²) in [7, 11) is 3.87. The summed E-state index contributed by atoms with van der Waals surface area (Å²) in [6, 6.07) is 10.5. The molecule has 0 radical (unpaired) electrons. The molecule has 0 fully saturated rings. The number of pyridine rings is 1. The molecule has 1 atom stereocenters. The van der Waals surface area contributed by atoms with Gasteiger partial charge in [-0.3, -0.25) is 4.79 Å². The van der Waals surface area contributed by atoms with E-state index in [1.54, 1.807) is 31.2 Å². The van der Waals surface area contributed by atoms with E-state index in [4.69, 9.17) is 9.47 Å². The van der Waals surface area contributed by atoms with Crippen LogP contribution >= 0.6 is 0 Å². The third kappa shape index (κ3) is 4.95. The first-order valence-corrected chi connectivity index (χ1v) is 8.29. The standard InChI is InChI=1S/C19H23N3O4/c1-5-25-18-16(7-6-12-20-18)19(24)26-13(2)17(23)21-14-8-10-15(11-9-14)22(3)4/h6-13H,5H2,1-4H3,(H,21,23)/t13-/m0/s1. The fourth-order valence-corrected chi connectivity index (χ4v) is 2.16. The smallest absolute Gasteiger partial charge is 0.344 e. The lowest BCUT2D eigenvalue weighted by molar-refractivity contribution is -0.123. The molecule has 138 valence electrons. The number of aromatic nitrogens is 1. The van der Waals surface area contributed by atoms with Crippen LogP contribution < -0.4 is 15.0 Å². The van der Waals surface area contributed by atoms with Crippen LogP contribution in [0.5, 0.6) is 5.88 Å². The molecule has 7 heteroatoms. The van der Waals surface area contributed by atoms with E-state index in [9.17, 15) is 9.59 Å². The predicted molar refractivity (Wildman–Crippen MR) is 99.7 cm³/mol. The number of benzene rings is 1. The molecule has 0 aliphatic rings. The Hall–Kier alpha value is -3.09. The first-order chi connectivity index (χ1) is 12.4. The van der Waals surface area contributed by atoms with Gasteiger partial charge in [-0.15, -0.1) is 0 Å². The molecule has 0 bridgehead atoms. The number of nitrogens with zero attached hydrogens (tertiary/aromatic N) is 2. The Labute approximate surface area is 152 Å². The molecule has 1 amide bonds. The SMILES string of the molecule is CCOc1ncccc1C(=O)O[C@@H](C)C(=O)Nc1ccc(N(C)C)cc1. The number of ether oxygens (including phenoxy) is 2. The fraction of sp³-hybridized carbons (Fsp3) is 0.316. The van der Waals surface area contributed by atoms with Gasteiger partial charge in [-0.1, -0.05) is 0 Å². The second-order valence-corrected chi connectivity index (χ2v) is 5.77. The van der Waals surface area contributed by atoms with E-state index < -0.39 is 18.0 Å². The number of amides is 1. The van der Waals surface area contributed by atoms with Crippen molar-refractivity contribution in [1.82, 2.24) is 4.98 Å². The number of nitrogens with one attached hydrogen (secondary N) is 1. The molecule has 0 aliphatic heterocycles. The van der Waals surface area contributed by atoms with Crippen molar-refractivity contribution in [2.45, 2.75) is 20.0 Å². The first-order valence-electron chi connectivity index (χ1n) is 8.29. The van der Waals surface area contributed by atoms with Crippen LogP contribution in [0.2, 0.25) is 0 Å². The highest BCUT2D eigenvalue weighted by atomic mass is 16.5. The Morgan fingerprint density at radius 1 is 1.19 bits per heavy atom. The first kappa shape index (κ1) is 19.2. The van der Waals surface area contributed by atoms with E-state index in [0.717, 1.165) is 5.69 Å². The molecule has 1 heterocycles. The van der Waals surface area contributed by atoms with Gasteiger partial charge in [0.15, 0.2) is 6.10 Å². The molecule has 7 nitrogen and oxygen atoms in total. The van der Waals surface area contributed by atoms with E-state index in [0.29, 0.717) is 12.3 Å². The van der Waals surface area contributed by atoms with Gasteiger partial charge in [-0.25, -0.2) is 9.78 Å². The number of esters is 1. The average molecular weight is 357 g/mol. The lowest BCUT2D eigenvalue weighted by Crippen LogP contribution is -2.30. The van der Waals surface area contributed by atoms with Gasteiger partial charge in [0.25, 0.3) is 5.91 Å². The maximum absolute atomic E-state index is 12.3. The Bertz CT molecular complexity index is 760. The van der Waals surface area contributed by atoms with Gasteiger partial charge in [0.2, 0.25) is 5.88 Å². The van der Waals surface area contributed by atoms with Crippen molar-refractivity contribution in [2.75, 3.05) is 30.9 Å². The molecular weight excluding hydrogens is 334 g/mol. The highest BCUT2D eigenvalue weighted by molar-refractivity contribution is 5.98. The molecule has 2 rings (SSSR count). The number of rotatable bonds is 7. The Morgan fingerprint density at radius 2 is 1.88 bits per heavy atom. The van der Waals surface area contributed by atoms with E-state index in [-0.39, 0.29) is 11.4 Å². The van der Waals surface area contributed by atoms with Crippen LogP contribution in [0, 0.1) is 0 Å². The lowest BCUT2D eigenvalue weighted by atomic mass is 10.2. The molecular formula is C19H23N3O4. The summed E-state index contributed by atoms with van der Waals surface area (Å²) in [4.78, 5) is 30.5. The van der Waals surface area contributed by atoms with Gasteiger partial charge >= 0.3 is 5.97 Å². The minimum atomic E-state index is -0.967. The van der Waals surface area contributed by atoms with Crippen molar-refractivity contribution in [2.24, 2.45) is 0 Å². The number of carbonyl (C=O) groups is 2. The highest BCUT2D eigenvalue weighted by Crippen LogP contribution is 2.18. The van der Waals surface area contributed by atoms with Crippen LogP contribution in [-0.4, -0.2) is 43.7 Å². The molecule has 26 heavy (non-hydrogen) atoms. The molecule has 0 unspecified atom stereocenters. The summed E-state index contributed by atoms with van der Waals surface area (Å²) in [5, 5.41) is 2.72. The minimum Gasteiger partial charge on any atom is -0.477 e. The molecule has 0 saturated carbocycles. The predicted octanol–water partition coefficient (Wildman–Crippen LogP) is 2.73. The lowest BCUT2D eigenvalue weighted by Gasteiger charge is -2.16. The van der Waals surface area contributed by atoms with Crippen LogP contribution in [0.1, 0.15) is 24.2 Å². The summed E-state index contributed by atoms with van der Waals surface area (Å²) in [5.74, 6) is -0.892. The van der Waals surface area contributed by atoms with Gasteiger partial charge in [-0.05, 0) is 50.2 Å². The van der Waals surface area contributed by atoms with Crippen LogP contribution in [0.25, 0.3) is 0 Å². The summed E-state index contributed by atoms with van der Waals surface area (Å²) in [6.45, 7) is 3.68. The van der Waals surface area contributed by atoms with Gasteiger partial charge in [-0.2, -0.15) is 0 Å². The van der Waals surface area contributed by atoms with Gasteiger partial charge < -0.3 is 19.7 Å². The molecule has 1 N–H and O–H groups in total. The number of anilines is 2. The summed E-state index contributed by atoms with van der Waals surface area (Å²) in [5.41, 5.74) is 1.83. The highest BCUT2D eigenvalue weighted by Gasteiger charge is 2.22. The summed E-state index contributed by atoms with van der Waals surface area (Å²) < 4.78 is 10.5. The van der Waals surface area contributed by atoms with Crippen molar-refractivity contribution < 1.29 is 19.1 Å². The maximum Gasteiger partial charge on any atom is 0.344 e. The largest absolute Gasteiger partial charge is 0.477 e. The van der Waals surface area contributed by atoms with E-state index >= 15 is 0 Å². The second-order valence-electron chi connectivity index (χ2n) is 5.77. The van der Waals surface area contributed by atoms with Crippen LogP contribution in [-0.2, 0) is 9.53 Å². The number of carbonyl (C=O) groups excluding carboxylic acids is 2. The summed E-state index contributed by atoms with van der Waals surface area (Å²) >= 11 is 0. The second kappa shape index (κ2) is 8.84. The number of hydrogen-bond donors (Lipinski definition) is 1. The summed E-state index contributed by atoms with van der Waals surface area (Å²) in [6.07, 6.45) is 0.556. The van der Waals surface area contributed by atoms with E-state index in [1.807, 2.05) is 31.1 Å². The Morgan fingerprint density at radius 3 is 2.50 bits per heavy atom. The van der Waals surface area contributed by atoms with E-state index in [1.165, 1.54) is 13.1 Å². The fourth-order valence-electron chi connectivity index (χ4n) is 2.16. The van der Waals surface area contributed by atoms with Crippen LogP contribution in [0.15, 0.2) is 42.6 Å². The molecule has 1 aromatic carbocycles. The third-order valence-electron chi connectivity index (χ3n) is 3.58. The zero-order chi connectivity index (χ0) is 19.1. The van der Waals surface area contributed by atoms with Crippen molar-refractivity contribution in [3.05, 3.63) is 48.2 Å². The zero-order valence-corrected chi connectivity index (χ0v) is 15.4. The Balaban J connectivity index is 1.99. The molecule has 1 aromatic heterocycles. The molecule has 0 saturated heterocycles. The molecule has 2 aromatic rings. The minimum absolute atomic E-state index is 0.185. The van der Waals surface area contributed by atoms with E-state index in [2.05, 4.69) is 10.3 Å². The average Bonchev–Trinajstić information content (AvgIpc) is 2.62. The molecule has 0 aliphatic carbocycles. The van der Waals surface area contributed by atoms with Crippen molar-refractivity contribution in [3.63, 3.8) is 0 Å². The normalized spacial score (nSPS) is 11.4. The monoisotopic (exact) mass is 357 g/mol. The van der Waals surface area contributed by atoms with Crippen molar-refractivity contribution in [3.8, 4) is 5.88 Å². The quantitative estimate of drug-likeness (QED) is 0.768. The topological polar surface area (TPSA) is 80.8 Å². The van der Waals surface area contributed by atoms with Gasteiger partial charge in [0, 0.05) is 31.7 Å². The molecule has 0 spiro atoms. The third-order valence-corrected chi connectivity index (χ3v) is 3.58. The Kier molecular flexibility index (Phi) is 6.54. The van der Waals surface area contributed by atoms with Crippen LogP contribution in [0.4, 0.5) is 11.4 Å². The van der Waals surface area contributed by atoms with Gasteiger partial charge in [0.05, 0.1) is 6.61 Å². The maximum atomic E-state index is 12.3. The number of hydrogen-bond acceptors (Lipinski definition) is 6. The van der Waals surface area contributed by atoms with Crippen LogP contribution in [0.3, 0.4) is 0 Å². The van der Waals surface area contributed by atoms with Gasteiger partial charge in [0.1, 0.15) is 5.56 Å². The van der Waals surface area contributed by atoms with Crippen molar-refractivity contribution >= 4 is 23.3 Å². The van der Waals surface area contributed by atoms with Crippen molar-refractivity contribution in [1.29, 1.82) is 0 Å².